The van der Waals surface area contributed by atoms with Crippen LogP contribution in [0.2, 0.25) is 0 Å². The highest BCUT2D eigenvalue weighted by Gasteiger charge is 2.12. The molecule has 1 aliphatic rings. The molecule has 0 fully saturated rings. The van der Waals surface area contributed by atoms with Crippen molar-refractivity contribution >= 4 is 5.96 Å². The van der Waals surface area contributed by atoms with Gasteiger partial charge in [-0.25, -0.2) is 4.98 Å². The molecule has 2 aromatic carbocycles. The molecule has 4 rings (SSSR count). The van der Waals surface area contributed by atoms with Crippen LogP contribution in [0.25, 0.3) is 0 Å². The summed E-state index contributed by atoms with van der Waals surface area (Å²) in [4.78, 5) is 8.81. The van der Waals surface area contributed by atoms with Crippen molar-refractivity contribution in [2.24, 2.45) is 4.99 Å². The van der Waals surface area contributed by atoms with E-state index in [2.05, 4.69) is 67.6 Å². The molecule has 1 aliphatic heterocycles. The van der Waals surface area contributed by atoms with Crippen LogP contribution in [-0.4, -0.2) is 35.7 Å². The van der Waals surface area contributed by atoms with E-state index in [0.717, 1.165) is 50.1 Å². The van der Waals surface area contributed by atoms with E-state index in [0.29, 0.717) is 6.54 Å². The predicted octanol–water partition coefficient (Wildman–Crippen LogP) is 2.77. The van der Waals surface area contributed by atoms with E-state index in [1.165, 1.54) is 16.7 Å². The number of aliphatic imine (C=N–C) groups is 1. The summed E-state index contributed by atoms with van der Waals surface area (Å²) in [6, 6.07) is 16.9. The Morgan fingerprint density at radius 1 is 1.14 bits per heavy atom. The number of fused-ring (bicyclic) bond motifs is 1. The predicted molar refractivity (Wildman–Crippen MR) is 115 cm³/mol. The number of rotatable bonds is 7. The molecule has 6 heteroatoms. The van der Waals surface area contributed by atoms with Gasteiger partial charge in [-0.2, -0.15) is 0 Å². The first-order chi connectivity index (χ1) is 14.3. The Balaban J connectivity index is 1.26. The Morgan fingerprint density at radius 2 is 2.03 bits per heavy atom. The van der Waals surface area contributed by atoms with Gasteiger partial charge in [0.2, 0.25) is 0 Å². The quantitative estimate of drug-likeness (QED) is 0.482. The van der Waals surface area contributed by atoms with Crippen molar-refractivity contribution in [3.8, 4) is 5.75 Å². The van der Waals surface area contributed by atoms with Gasteiger partial charge >= 0.3 is 0 Å². The molecule has 0 aliphatic carbocycles. The molecule has 0 amide bonds. The van der Waals surface area contributed by atoms with Gasteiger partial charge in [-0.05, 0) is 29.2 Å². The summed E-state index contributed by atoms with van der Waals surface area (Å²) >= 11 is 0. The van der Waals surface area contributed by atoms with Crippen molar-refractivity contribution in [1.82, 2.24) is 20.2 Å². The number of nitrogens with zero attached hydrogens (tertiary/aromatic N) is 3. The van der Waals surface area contributed by atoms with Crippen molar-refractivity contribution in [3.05, 3.63) is 83.4 Å². The lowest BCUT2D eigenvalue weighted by Crippen LogP contribution is -2.38. The van der Waals surface area contributed by atoms with Crippen LogP contribution in [0.15, 0.2) is 65.9 Å². The molecule has 2 heterocycles. The van der Waals surface area contributed by atoms with E-state index in [4.69, 9.17) is 4.74 Å². The lowest BCUT2D eigenvalue weighted by Gasteiger charge is -2.13. The molecule has 1 aromatic heterocycles. The maximum atomic E-state index is 5.58. The number of hydrogen-bond acceptors (Lipinski definition) is 3. The van der Waals surface area contributed by atoms with Crippen LogP contribution < -0.4 is 15.4 Å². The molecule has 150 valence electrons. The molecule has 0 atom stereocenters. The van der Waals surface area contributed by atoms with Crippen molar-refractivity contribution < 1.29 is 4.74 Å². The van der Waals surface area contributed by atoms with Crippen LogP contribution in [0.3, 0.4) is 0 Å². The van der Waals surface area contributed by atoms with Crippen LogP contribution in [0, 0.1) is 0 Å². The SMILES string of the molecule is CN=C(NCCc1ccc2c(c1)CCO2)NCc1nccn1Cc1ccccc1. The molecule has 0 spiro atoms. The fourth-order valence-electron chi connectivity index (χ4n) is 3.54. The van der Waals surface area contributed by atoms with Crippen molar-refractivity contribution in [1.29, 1.82) is 0 Å². The minimum Gasteiger partial charge on any atom is -0.493 e. The van der Waals surface area contributed by atoms with E-state index in [9.17, 15) is 0 Å². The van der Waals surface area contributed by atoms with E-state index in [1.807, 2.05) is 18.5 Å². The average molecular weight is 390 g/mol. The number of guanidine groups is 1. The molecule has 29 heavy (non-hydrogen) atoms. The fraction of sp³-hybridized carbons (Fsp3) is 0.304. The highest BCUT2D eigenvalue weighted by molar-refractivity contribution is 5.79. The Labute approximate surface area is 171 Å². The molecule has 3 aromatic rings. The van der Waals surface area contributed by atoms with Gasteiger partial charge in [-0.15, -0.1) is 0 Å². The highest BCUT2D eigenvalue weighted by atomic mass is 16.5. The molecule has 0 saturated carbocycles. The van der Waals surface area contributed by atoms with Crippen molar-refractivity contribution in [2.75, 3.05) is 20.2 Å². The molecular weight excluding hydrogens is 362 g/mol. The third-order valence-electron chi connectivity index (χ3n) is 5.09. The first kappa shape index (κ1) is 19.1. The van der Waals surface area contributed by atoms with Crippen LogP contribution in [0.1, 0.15) is 22.5 Å². The lowest BCUT2D eigenvalue weighted by atomic mass is 10.1. The van der Waals surface area contributed by atoms with Crippen LogP contribution >= 0.6 is 0 Å². The van der Waals surface area contributed by atoms with Crippen molar-refractivity contribution in [3.63, 3.8) is 0 Å². The van der Waals surface area contributed by atoms with Crippen molar-refractivity contribution in [2.45, 2.75) is 25.9 Å². The van der Waals surface area contributed by atoms with Gasteiger partial charge in [0.05, 0.1) is 13.2 Å². The third-order valence-corrected chi connectivity index (χ3v) is 5.09. The summed E-state index contributed by atoms with van der Waals surface area (Å²) < 4.78 is 7.73. The zero-order chi connectivity index (χ0) is 19.9. The van der Waals surface area contributed by atoms with E-state index >= 15 is 0 Å². The molecular formula is C23H27N5O. The monoisotopic (exact) mass is 389 g/mol. The highest BCUT2D eigenvalue weighted by Crippen LogP contribution is 2.25. The fourth-order valence-corrected chi connectivity index (χ4v) is 3.54. The molecule has 2 N–H and O–H groups in total. The average Bonchev–Trinajstić information content (AvgIpc) is 3.40. The standard InChI is InChI=1S/C23H27N5O/c1-24-23(26-11-9-18-7-8-21-20(15-18)10-14-29-21)27-16-22-25-12-13-28(22)17-19-5-3-2-4-6-19/h2-8,12-13,15H,9-11,14,16-17H2,1H3,(H2,24,26,27). The second-order valence-electron chi connectivity index (χ2n) is 7.10. The van der Waals surface area contributed by atoms with Gasteiger partial charge < -0.3 is 19.9 Å². The number of ether oxygens (including phenoxy) is 1. The van der Waals surface area contributed by atoms with Gasteiger partial charge in [0.25, 0.3) is 0 Å². The zero-order valence-electron chi connectivity index (χ0n) is 16.8. The summed E-state index contributed by atoms with van der Waals surface area (Å²) in [5.41, 5.74) is 3.89. The van der Waals surface area contributed by atoms with Crippen LogP contribution in [0.5, 0.6) is 5.75 Å². The Kier molecular flexibility index (Phi) is 6.10. The lowest BCUT2D eigenvalue weighted by molar-refractivity contribution is 0.357. The minimum atomic E-state index is 0.621. The molecule has 0 radical (unpaired) electrons. The number of aromatic nitrogens is 2. The number of imidazole rings is 1. The Morgan fingerprint density at radius 3 is 2.90 bits per heavy atom. The topological polar surface area (TPSA) is 63.5 Å². The summed E-state index contributed by atoms with van der Waals surface area (Å²) in [6.45, 7) is 3.05. The number of benzene rings is 2. The molecule has 0 saturated heterocycles. The smallest absolute Gasteiger partial charge is 0.191 e. The van der Waals surface area contributed by atoms with E-state index in [-0.39, 0.29) is 0 Å². The Hall–Kier alpha value is -3.28. The van der Waals surface area contributed by atoms with Gasteiger partial charge in [0, 0.05) is 39.0 Å². The molecule has 0 bridgehead atoms. The second-order valence-corrected chi connectivity index (χ2v) is 7.10. The zero-order valence-corrected chi connectivity index (χ0v) is 16.8. The minimum absolute atomic E-state index is 0.621. The maximum absolute atomic E-state index is 5.58. The maximum Gasteiger partial charge on any atom is 0.191 e. The number of nitrogens with one attached hydrogen (secondary N) is 2. The first-order valence-electron chi connectivity index (χ1n) is 10.0. The van der Waals surface area contributed by atoms with Gasteiger partial charge in [-0.3, -0.25) is 4.99 Å². The summed E-state index contributed by atoms with van der Waals surface area (Å²) in [5.74, 6) is 2.80. The first-order valence-corrected chi connectivity index (χ1v) is 10.0. The summed E-state index contributed by atoms with van der Waals surface area (Å²) in [7, 11) is 1.79. The van der Waals surface area contributed by atoms with E-state index < -0.39 is 0 Å². The largest absolute Gasteiger partial charge is 0.493 e. The third kappa shape index (κ3) is 4.96. The summed E-state index contributed by atoms with van der Waals surface area (Å²) in [5, 5.41) is 6.75. The van der Waals surface area contributed by atoms with Gasteiger partial charge in [0.1, 0.15) is 11.6 Å². The normalized spacial score (nSPS) is 13.1. The van der Waals surface area contributed by atoms with Gasteiger partial charge in [-0.1, -0.05) is 42.5 Å². The van der Waals surface area contributed by atoms with Gasteiger partial charge in [0.15, 0.2) is 5.96 Å². The van der Waals surface area contributed by atoms with Crippen LogP contribution in [-0.2, 0) is 25.9 Å². The Bertz CT molecular complexity index is 964. The molecule has 6 nitrogen and oxygen atoms in total. The van der Waals surface area contributed by atoms with Crippen LogP contribution in [0.4, 0.5) is 0 Å². The molecule has 0 unspecified atom stereocenters. The second kappa shape index (κ2) is 9.28. The number of hydrogen-bond donors (Lipinski definition) is 2. The van der Waals surface area contributed by atoms with E-state index in [1.54, 1.807) is 7.05 Å². The summed E-state index contributed by atoms with van der Waals surface area (Å²) in [6.07, 6.45) is 5.80.